The monoisotopic (exact) mass is 952 g/mol. The summed E-state index contributed by atoms with van der Waals surface area (Å²) in [7, 11) is 1.43. The number of Topliss-reactive ketones (excluding diaryl/α,β-unsaturated/α-hetero) is 3. The van der Waals surface area contributed by atoms with Crippen LogP contribution in [0.5, 0.6) is 5.75 Å². The standard InChI is InChI=1S/C55H74N4O10/c1-37(2)27-47(49(61)32-44(29-41-17-13-10-14-18-41)53(64)58-48(28-38(3)4)51(62)55(7)36-68-55)57-52(63)43(21-19-40-15-11-9-12-16-40)31-46(60)35-59(23-25-67-26-24-59)34-42-20-22-50(69-54(65)39(5)6)45(30-42)33-56-66-8/h9-18,20,22,30,33,37-39,43-44,47-48H,19,21,23-29,31-32,34-36H2,1-8H3,(H-,57,58,63,64)/p+1/b56-33+/t43-,44-,47+,48+,55-/m1/s1. The number of carbonyl (C=O) groups excluding carboxylic acids is 6. The van der Waals surface area contributed by atoms with E-state index in [-0.39, 0.29) is 72.8 Å². The minimum Gasteiger partial charge on any atom is -0.426 e. The van der Waals surface area contributed by atoms with E-state index in [9.17, 15) is 28.8 Å². The number of rotatable bonds is 28. The highest BCUT2D eigenvalue weighted by molar-refractivity contribution is 5.98. The van der Waals surface area contributed by atoms with Gasteiger partial charge in [-0.15, -0.1) is 0 Å². The minimum atomic E-state index is -0.935. The van der Waals surface area contributed by atoms with Crippen LogP contribution in [0.15, 0.2) is 84.0 Å². The molecule has 14 nitrogen and oxygen atoms in total. The molecule has 3 aromatic rings. The largest absolute Gasteiger partial charge is 0.426 e. The maximum absolute atomic E-state index is 14.6. The molecule has 0 aliphatic carbocycles. The highest BCUT2D eigenvalue weighted by atomic mass is 16.6. The first-order valence-electron chi connectivity index (χ1n) is 24.6. The fourth-order valence-electron chi connectivity index (χ4n) is 8.93. The Kier molecular flexibility index (Phi) is 20.4. The molecule has 5 atom stereocenters. The first kappa shape index (κ1) is 54.4. The average Bonchev–Trinajstić information content (AvgIpc) is 4.07. The Morgan fingerprint density at radius 3 is 1.96 bits per heavy atom. The lowest BCUT2D eigenvalue weighted by atomic mass is 9.87. The number of epoxide rings is 1. The molecule has 2 N–H and O–H groups in total. The summed E-state index contributed by atoms with van der Waals surface area (Å²) in [6.07, 6.45) is 3.23. The van der Waals surface area contributed by atoms with Crippen molar-refractivity contribution in [1.82, 2.24) is 10.6 Å². The smallest absolute Gasteiger partial charge is 0.313 e. The van der Waals surface area contributed by atoms with Gasteiger partial charge in [-0.1, -0.05) is 107 Å². The van der Waals surface area contributed by atoms with E-state index in [2.05, 4.69) is 15.8 Å². The molecular weight excluding hydrogens is 877 g/mol. The van der Waals surface area contributed by atoms with Crippen molar-refractivity contribution in [2.24, 2.45) is 34.7 Å². The molecule has 3 aromatic carbocycles. The Labute approximate surface area is 408 Å². The van der Waals surface area contributed by atoms with Gasteiger partial charge in [0.05, 0.1) is 44.0 Å². The van der Waals surface area contributed by atoms with Crippen molar-refractivity contribution in [2.75, 3.05) is 46.6 Å². The molecule has 2 amide bonds. The van der Waals surface area contributed by atoms with Crippen molar-refractivity contribution in [1.29, 1.82) is 0 Å². The van der Waals surface area contributed by atoms with Gasteiger partial charge in [0.1, 0.15) is 44.6 Å². The first-order chi connectivity index (χ1) is 32.9. The van der Waals surface area contributed by atoms with E-state index in [0.717, 1.165) is 16.7 Å². The zero-order valence-electron chi connectivity index (χ0n) is 42.0. The fourth-order valence-corrected chi connectivity index (χ4v) is 8.93. The van der Waals surface area contributed by atoms with E-state index < -0.39 is 35.4 Å². The number of hydrogen-bond acceptors (Lipinski definition) is 11. The molecule has 0 aromatic heterocycles. The van der Waals surface area contributed by atoms with E-state index in [1.54, 1.807) is 26.8 Å². The molecule has 2 aliphatic rings. The van der Waals surface area contributed by atoms with E-state index in [1.807, 2.05) is 100 Å². The summed E-state index contributed by atoms with van der Waals surface area (Å²) in [5, 5.41) is 10.0. The zero-order chi connectivity index (χ0) is 50.1. The van der Waals surface area contributed by atoms with Crippen molar-refractivity contribution in [2.45, 2.75) is 118 Å². The Morgan fingerprint density at radius 1 is 0.768 bits per heavy atom. The van der Waals surface area contributed by atoms with Crippen LogP contribution in [0.2, 0.25) is 0 Å². The second-order valence-electron chi connectivity index (χ2n) is 20.4. The van der Waals surface area contributed by atoms with Gasteiger partial charge in [0.2, 0.25) is 11.8 Å². The van der Waals surface area contributed by atoms with Gasteiger partial charge in [-0.05, 0) is 80.2 Å². The van der Waals surface area contributed by atoms with Crippen molar-refractivity contribution >= 4 is 41.3 Å². The normalized spacial score (nSPS) is 18.3. The maximum atomic E-state index is 14.6. The van der Waals surface area contributed by atoms with Crippen LogP contribution in [0.25, 0.3) is 0 Å². The van der Waals surface area contributed by atoms with Crippen LogP contribution in [0, 0.1) is 29.6 Å². The van der Waals surface area contributed by atoms with Crippen LogP contribution in [0.1, 0.15) is 103 Å². The van der Waals surface area contributed by atoms with Crippen LogP contribution in [0.4, 0.5) is 0 Å². The maximum Gasteiger partial charge on any atom is 0.313 e. The van der Waals surface area contributed by atoms with Gasteiger partial charge < -0.3 is 34.2 Å². The molecule has 374 valence electrons. The predicted octanol–water partition coefficient (Wildman–Crippen LogP) is 7.02. The Balaban J connectivity index is 1.37. The Bertz CT molecular complexity index is 2220. The number of carbonyl (C=O) groups is 6. The van der Waals surface area contributed by atoms with Crippen molar-refractivity contribution < 1.29 is 52.3 Å². The number of hydrogen-bond donors (Lipinski definition) is 2. The second kappa shape index (κ2) is 25.9. The molecule has 0 bridgehead atoms. The lowest BCUT2D eigenvalue weighted by Crippen LogP contribution is -2.57. The van der Waals surface area contributed by atoms with Gasteiger partial charge >= 0.3 is 5.97 Å². The number of quaternary nitrogens is 1. The summed E-state index contributed by atoms with van der Waals surface area (Å²) in [6, 6.07) is 23.1. The average molecular weight is 952 g/mol. The lowest BCUT2D eigenvalue weighted by Gasteiger charge is -2.41. The van der Waals surface area contributed by atoms with Crippen molar-refractivity contribution in [3.05, 3.63) is 101 Å². The van der Waals surface area contributed by atoms with Gasteiger partial charge in [0, 0.05) is 35.8 Å². The van der Waals surface area contributed by atoms with Crippen LogP contribution in [-0.2, 0) is 62.5 Å². The summed E-state index contributed by atoms with van der Waals surface area (Å²) in [5.74, 6) is -3.15. The fraction of sp³-hybridized carbons (Fsp3) is 0.545. The zero-order valence-corrected chi connectivity index (χ0v) is 42.0. The molecule has 0 radical (unpaired) electrons. The van der Waals surface area contributed by atoms with Crippen LogP contribution in [0.3, 0.4) is 0 Å². The molecule has 2 aliphatic heterocycles. The molecule has 2 heterocycles. The number of nitrogens with one attached hydrogen (secondary N) is 2. The first-order valence-corrected chi connectivity index (χ1v) is 24.6. The summed E-state index contributed by atoms with van der Waals surface area (Å²) in [4.78, 5) is 89.0. The van der Waals surface area contributed by atoms with Gasteiger partial charge in [-0.3, -0.25) is 28.8 Å². The third-order valence-corrected chi connectivity index (χ3v) is 13.0. The highest BCUT2D eigenvalue weighted by Crippen LogP contribution is 2.31. The van der Waals surface area contributed by atoms with E-state index in [4.69, 9.17) is 19.0 Å². The topological polar surface area (TPSA) is 179 Å². The number of oxime groups is 1. The van der Waals surface area contributed by atoms with Gasteiger partial charge in [0.25, 0.3) is 0 Å². The highest BCUT2D eigenvalue weighted by Gasteiger charge is 2.50. The molecule has 2 fully saturated rings. The number of benzene rings is 3. The number of amides is 2. The number of ketones is 3. The number of aryl methyl sites for hydroxylation is 1. The summed E-state index contributed by atoms with van der Waals surface area (Å²) in [5.41, 5.74) is 2.40. The van der Waals surface area contributed by atoms with Crippen molar-refractivity contribution in [3.8, 4) is 5.75 Å². The van der Waals surface area contributed by atoms with E-state index in [1.165, 1.54) is 13.3 Å². The molecule has 0 spiro atoms. The molecular formula is C55H75N4O10+. The van der Waals surface area contributed by atoms with Gasteiger partial charge in [-0.25, -0.2) is 0 Å². The van der Waals surface area contributed by atoms with E-state index in [0.29, 0.717) is 80.9 Å². The third kappa shape index (κ3) is 17.1. The quantitative estimate of drug-likeness (QED) is 0.0192. The Morgan fingerprint density at radius 2 is 1.36 bits per heavy atom. The van der Waals surface area contributed by atoms with E-state index >= 15 is 0 Å². The van der Waals surface area contributed by atoms with Crippen molar-refractivity contribution in [3.63, 3.8) is 0 Å². The second-order valence-corrected chi connectivity index (χ2v) is 20.4. The summed E-state index contributed by atoms with van der Waals surface area (Å²) >= 11 is 0. The van der Waals surface area contributed by atoms with Gasteiger partial charge in [-0.2, -0.15) is 0 Å². The Hall–Kier alpha value is -5.57. The molecule has 0 saturated carbocycles. The SMILES string of the molecule is CO/N=C/c1cc(C[N+]2(CC(=O)C[C@@H](CCc3ccccc3)C(=O)N[C@@H](CC(C)C)C(=O)C[C@@H](Cc3ccccc3)C(=O)N[C@@H](CC(C)C)C(=O)[C@@]3(C)CO3)CCOCC2)ccc1OC(=O)C(C)C. The van der Waals surface area contributed by atoms with Crippen LogP contribution in [-0.4, -0.2) is 110 Å². The number of esters is 1. The number of morpholine rings is 1. The molecule has 14 heteroatoms. The summed E-state index contributed by atoms with van der Waals surface area (Å²) in [6.45, 7) is 16.2. The summed E-state index contributed by atoms with van der Waals surface area (Å²) < 4.78 is 17.3. The molecule has 5 rings (SSSR count). The van der Waals surface area contributed by atoms with Gasteiger partial charge in [0.15, 0.2) is 17.3 Å². The number of ether oxygens (including phenoxy) is 3. The molecule has 2 saturated heterocycles. The predicted molar refractivity (Wildman–Crippen MR) is 264 cm³/mol. The van der Waals surface area contributed by atoms with Crippen LogP contribution >= 0.6 is 0 Å². The minimum absolute atomic E-state index is 0.0145. The molecule has 0 unspecified atom stereocenters. The number of nitrogens with zero attached hydrogens (tertiary/aromatic N) is 2. The third-order valence-electron chi connectivity index (χ3n) is 13.0. The lowest BCUT2D eigenvalue weighted by molar-refractivity contribution is -0.940. The molecule has 69 heavy (non-hydrogen) atoms. The van der Waals surface area contributed by atoms with Crippen LogP contribution < -0.4 is 15.4 Å².